The maximum atomic E-state index is 2.40. The Morgan fingerprint density at radius 1 is 0.500 bits per heavy atom. The molecule has 0 bridgehead atoms. The Morgan fingerprint density at radius 3 is 1.71 bits per heavy atom. The summed E-state index contributed by atoms with van der Waals surface area (Å²) in [6.45, 7) is 13.7. The van der Waals surface area contributed by atoms with E-state index in [2.05, 4.69) is 114 Å². The molecule has 4 rings (SSSR count). The van der Waals surface area contributed by atoms with E-state index in [4.69, 9.17) is 0 Å². The van der Waals surface area contributed by atoms with E-state index >= 15 is 0 Å². The standard InChI is InChI=1S/C28H30/c1-27(2,3)22-14-11-19(12-15-22)26-24-10-8-7-9-20(24)17-21-13-16-23(18-25(21)26)28(4,5)6/h7-18H,1-6H3. The lowest BCUT2D eigenvalue weighted by Crippen LogP contribution is -2.11. The number of hydrogen-bond acceptors (Lipinski definition) is 0. The molecule has 0 aliphatic carbocycles. The van der Waals surface area contributed by atoms with Gasteiger partial charge in [-0.2, -0.15) is 0 Å². The molecule has 0 spiro atoms. The van der Waals surface area contributed by atoms with Crippen LogP contribution in [-0.4, -0.2) is 0 Å². The van der Waals surface area contributed by atoms with Crippen molar-refractivity contribution < 1.29 is 0 Å². The average Bonchev–Trinajstić information content (AvgIpc) is 2.64. The molecule has 0 heteroatoms. The number of fused-ring (bicyclic) bond motifs is 2. The van der Waals surface area contributed by atoms with E-state index in [9.17, 15) is 0 Å². The highest BCUT2D eigenvalue weighted by atomic mass is 14.2. The topological polar surface area (TPSA) is 0 Å². The Bertz CT molecular complexity index is 1150. The lowest BCUT2D eigenvalue weighted by atomic mass is 9.83. The minimum atomic E-state index is 0.132. The monoisotopic (exact) mass is 366 g/mol. The molecule has 0 heterocycles. The Labute approximate surface area is 169 Å². The Hall–Kier alpha value is -2.60. The van der Waals surface area contributed by atoms with Crippen molar-refractivity contribution in [3.8, 4) is 11.1 Å². The van der Waals surface area contributed by atoms with Gasteiger partial charge in [0.1, 0.15) is 0 Å². The predicted octanol–water partition coefficient (Wildman–Crippen LogP) is 8.26. The predicted molar refractivity (Wildman–Crippen MR) is 124 cm³/mol. The Kier molecular flexibility index (Phi) is 4.34. The van der Waals surface area contributed by atoms with E-state index < -0.39 is 0 Å². The molecule has 0 amide bonds. The molecule has 28 heavy (non-hydrogen) atoms. The van der Waals surface area contributed by atoms with Crippen molar-refractivity contribution >= 4 is 21.5 Å². The molecule has 0 aliphatic rings. The second-order valence-corrected chi connectivity index (χ2v) is 9.99. The first-order valence-electron chi connectivity index (χ1n) is 10.2. The van der Waals surface area contributed by atoms with Crippen molar-refractivity contribution in [3.63, 3.8) is 0 Å². The first kappa shape index (κ1) is 18.7. The van der Waals surface area contributed by atoms with E-state index in [1.807, 2.05) is 0 Å². The zero-order valence-corrected chi connectivity index (χ0v) is 17.9. The van der Waals surface area contributed by atoms with E-state index in [1.54, 1.807) is 0 Å². The largest absolute Gasteiger partial charge is 0.0616 e. The van der Waals surface area contributed by atoms with Gasteiger partial charge in [-0.15, -0.1) is 0 Å². The number of hydrogen-bond donors (Lipinski definition) is 0. The van der Waals surface area contributed by atoms with Gasteiger partial charge in [-0.1, -0.05) is 102 Å². The summed E-state index contributed by atoms with van der Waals surface area (Å²) in [5, 5.41) is 5.27. The van der Waals surface area contributed by atoms with Gasteiger partial charge < -0.3 is 0 Å². The summed E-state index contributed by atoms with van der Waals surface area (Å²) in [5.74, 6) is 0. The quantitative estimate of drug-likeness (QED) is 0.297. The molecule has 0 saturated heterocycles. The third-order valence-electron chi connectivity index (χ3n) is 5.77. The highest BCUT2D eigenvalue weighted by Crippen LogP contribution is 2.39. The van der Waals surface area contributed by atoms with Gasteiger partial charge in [-0.25, -0.2) is 0 Å². The van der Waals surface area contributed by atoms with E-state index in [0.717, 1.165) is 0 Å². The molecule has 0 atom stereocenters. The van der Waals surface area contributed by atoms with E-state index in [1.165, 1.54) is 43.8 Å². The van der Waals surface area contributed by atoms with Gasteiger partial charge >= 0.3 is 0 Å². The zero-order valence-electron chi connectivity index (χ0n) is 17.9. The molecule has 0 aliphatic heterocycles. The second-order valence-electron chi connectivity index (χ2n) is 9.99. The highest BCUT2D eigenvalue weighted by molar-refractivity contribution is 6.12. The third-order valence-corrected chi connectivity index (χ3v) is 5.77. The van der Waals surface area contributed by atoms with Crippen LogP contribution in [0.15, 0.2) is 72.8 Å². The third kappa shape index (κ3) is 3.33. The molecule has 4 aromatic carbocycles. The van der Waals surface area contributed by atoms with Crippen LogP contribution in [0.3, 0.4) is 0 Å². The van der Waals surface area contributed by atoms with Gasteiger partial charge in [-0.3, -0.25) is 0 Å². The molecule has 0 nitrogen and oxygen atoms in total. The Balaban J connectivity index is 2.05. The van der Waals surface area contributed by atoms with Crippen molar-refractivity contribution in [1.82, 2.24) is 0 Å². The minimum Gasteiger partial charge on any atom is -0.0616 e. The minimum absolute atomic E-state index is 0.132. The van der Waals surface area contributed by atoms with Gasteiger partial charge in [-0.05, 0) is 66.8 Å². The normalized spacial score (nSPS) is 12.6. The molecule has 0 radical (unpaired) electrons. The molecule has 0 fully saturated rings. The van der Waals surface area contributed by atoms with Gasteiger partial charge in [0, 0.05) is 0 Å². The molecular formula is C28H30. The lowest BCUT2D eigenvalue weighted by Gasteiger charge is -2.22. The van der Waals surface area contributed by atoms with Crippen LogP contribution in [0, 0.1) is 0 Å². The lowest BCUT2D eigenvalue weighted by molar-refractivity contribution is 0.590. The summed E-state index contributed by atoms with van der Waals surface area (Å²) in [6, 6.07) is 27.2. The average molecular weight is 367 g/mol. The van der Waals surface area contributed by atoms with Crippen LogP contribution in [0.5, 0.6) is 0 Å². The number of rotatable bonds is 1. The van der Waals surface area contributed by atoms with Crippen LogP contribution in [0.25, 0.3) is 32.7 Å². The van der Waals surface area contributed by atoms with Crippen molar-refractivity contribution in [2.75, 3.05) is 0 Å². The SMILES string of the molecule is CC(C)(C)c1ccc(-c2c3ccccc3cc3ccc(C(C)(C)C)cc23)cc1. The maximum Gasteiger partial charge on any atom is -0.00267 e. The number of benzene rings is 4. The first-order valence-corrected chi connectivity index (χ1v) is 10.2. The fraction of sp³-hybridized carbons (Fsp3) is 0.286. The van der Waals surface area contributed by atoms with Crippen LogP contribution in [0.1, 0.15) is 52.7 Å². The van der Waals surface area contributed by atoms with Crippen LogP contribution in [0.2, 0.25) is 0 Å². The molecule has 4 aromatic rings. The maximum absolute atomic E-state index is 2.40. The van der Waals surface area contributed by atoms with E-state index in [0.29, 0.717) is 0 Å². The second kappa shape index (κ2) is 6.48. The molecule has 142 valence electrons. The highest BCUT2D eigenvalue weighted by Gasteiger charge is 2.18. The van der Waals surface area contributed by atoms with Crippen LogP contribution < -0.4 is 0 Å². The van der Waals surface area contributed by atoms with Crippen LogP contribution >= 0.6 is 0 Å². The fourth-order valence-electron chi connectivity index (χ4n) is 3.98. The molecule has 0 unspecified atom stereocenters. The molecule has 0 aromatic heterocycles. The van der Waals surface area contributed by atoms with Crippen molar-refractivity contribution in [3.05, 3.63) is 83.9 Å². The smallest absolute Gasteiger partial charge is 0.00267 e. The summed E-state index contributed by atoms with van der Waals surface area (Å²) >= 11 is 0. The van der Waals surface area contributed by atoms with Crippen LogP contribution in [0.4, 0.5) is 0 Å². The van der Waals surface area contributed by atoms with Gasteiger partial charge in [0.05, 0.1) is 0 Å². The summed E-state index contributed by atoms with van der Waals surface area (Å²) < 4.78 is 0. The fourth-order valence-corrected chi connectivity index (χ4v) is 3.98. The summed E-state index contributed by atoms with van der Waals surface area (Å²) in [6.07, 6.45) is 0. The zero-order chi connectivity index (χ0) is 20.1. The van der Waals surface area contributed by atoms with Gasteiger partial charge in [0.2, 0.25) is 0 Å². The van der Waals surface area contributed by atoms with Crippen LogP contribution in [-0.2, 0) is 10.8 Å². The van der Waals surface area contributed by atoms with Crippen molar-refractivity contribution in [2.45, 2.75) is 52.4 Å². The molecule has 0 saturated carbocycles. The summed E-state index contributed by atoms with van der Waals surface area (Å²) in [5.41, 5.74) is 5.69. The summed E-state index contributed by atoms with van der Waals surface area (Å²) in [4.78, 5) is 0. The molecule has 0 N–H and O–H groups in total. The first-order chi connectivity index (χ1) is 13.1. The molecular weight excluding hydrogens is 336 g/mol. The van der Waals surface area contributed by atoms with Crippen molar-refractivity contribution in [2.24, 2.45) is 0 Å². The Morgan fingerprint density at radius 2 is 1.07 bits per heavy atom. The van der Waals surface area contributed by atoms with Gasteiger partial charge in [0.15, 0.2) is 0 Å². The summed E-state index contributed by atoms with van der Waals surface area (Å²) in [7, 11) is 0. The van der Waals surface area contributed by atoms with E-state index in [-0.39, 0.29) is 10.8 Å². The van der Waals surface area contributed by atoms with Gasteiger partial charge in [0.25, 0.3) is 0 Å². The van der Waals surface area contributed by atoms with Crippen molar-refractivity contribution in [1.29, 1.82) is 0 Å².